The Balaban J connectivity index is 2.00. The van der Waals surface area contributed by atoms with E-state index in [1.807, 2.05) is 60.7 Å². The first-order valence-corrected chi connectivity index (χ1v) is 7.45. The Morgan fingerprint density at radius 2 is 1.16 bits per heavy atom. The van der Waals surface area contributed by atoms with Crippen molar-refractivity contribution in [1.29, 1.82) is 0 Å². The van der Waals surface area contributed by atoms with E-state index in [1.165, 1.54) is 0 Å². The van der Waals surface area contributed by atoms with Gasteiger partial charge in [-0.25, -0.2) is 4.57 Å². The number of rotatable bonds is 2. The standard InChI is InChI=1S/C14H13O4P/c15-19(16)17-13(11-7-3-1-4-8-11)14(18-19)12-9-5-2-6-10-12/h1-10,13-14H,(H,15,16). The Morgan fingerprint density at radius 1 is 0.789 bits per heavy atom. The molecule has 1 fully saturated rings. The van der Waals surface area contributed by atoms with E-state index < -0.39 is 20.0 Å². The highest BCUT2D eigenvalue weighted by Gasteiger charge is 2.45. The first-order valence-electron chi connectivity index (χ1n) is 5.95. The zero-order chi connectivity index (χ0) is 13.3. The third-order valence-corrected chi connectivity index (χ3v) is 4.01. The van der Waals surface area contributed by atoms with Crippen molar-refractivity contribution >= 4 is 7.82 Å². The Morgan fingerprint density at radius 3 is 1.53 bits per heavy atom. The van der Waals surface area contributed by atoms with Crippen LogP contribution in [0.4, 0.5) is 0 Å². The van der Waals surface area contributed by atoms with Crippen LogP contribution in [0, 0.1) is 0 Å². The molecule has 2 aromatic rings. The third-order valence-electron chi connectivity index (χ3n) is 3.02. The lowest BCUT2D eigenvalue weighted by Crippen LogP contribution is -2.06. The molecule has 2 atom stereocenters. The lowest BCUT2D eigenvalue weighted by molar-refractivity contribution is 0.159. The predicted octanol–water partition coefficient (Wildman–Crippen LogP) is 3.62. The SMILES string of the molecule is O=P1(O)OC(c2ccccc2)C(c2ccccc2)O1. The third kappa shape index (κ3) is 2.62. The minimum Gasteiger partial charge on any atom is -0.302 e. The van der Waals surface area contributed by atoms with E-state index in [1.54, 1.807) is 0 Å². The maximum Gasteiger partial charge on any atom is 0.473 e. The van der Waals surface area contributed by atoms with Crippen LogP contribution in [0.25, 0.3) is 0 Å². The van der Waals surface area contributed by atoms with E-state index in [-0.39, 0.29) is 0 Å². The van der Waals surface area contributed by atoms with Gasteiger partial charge in [-0.3, -0.25) is 9.05 Å². The molecule has 19 heavy (non-hydrogen) atoms. The van der Waals surface area contributed by atoms with Crippen molar-refractivity contribution in [3.8, 4) is 0 Å². The lowest BCUT2D eigenvalue weighted by Gasteiger charge is -2.16. The van der Waals surface area contributed by atoms with E-state index >= 15 is 0 Å². The van der Waals surface area contributed by atoms with Gasteiger partial charge >= 0.3 is 7.82 Å². The van der Waals surface area contributed by atoms with E-state index in [0.29, 0.717) is 0 Å². The molecule has 5 heteroatoms. The molecular weight excluding hydrogens is 263 g/mol. The van der Waals surface area contributed by atoms with Gasteiger partial charge in [0.05, 0.1) is 0 Å². The number of phosphoric acid groups is 1. The van der Waals surface area contributed by atoms with Crippen molar-refractivity contribution in [3.05, 3.63) is 71.8 Å². The molecule has 0 spiro atoms. The number of hydrogen-bond acceptors (Lipinski definition) is 3. The van der Waals surface area contributed by atoms with Gasteiger partial charge in [0.2, 0.25) is 0 Å². The van der Waals surface area contributed by atoms with Crippen molar-refractivity contribution in [1.82, 2.24) is 0 Å². The summed E-state index contributed by atoms with van der Waals surface area (Å²) in [7, 11) is -3.99. The fourth-order valence-electron chi connectivity index (χ4n) is 2.18. The van der Waals surface area contributed by atoms with Crippen molar-refractivity contribution in [2.75, 3.05) is 0 Å². The predicted molar refractivity (Wildman–Crippen MR) is 70.4 cm³/mol. The van der Waals surface area contributed by atoms with E-state index in [2.05, 4.69) is 0 Å². The van der Waals surface area contributed by atoms with Crippen LogP contribution in [0.3, 0.4) is 0 Å². The Bertz CT molecular complexity index is 548. The van der Waals surface area contributed by atoms with Crippen molar-refractivity contribution < 1.29 is 18.5 Å². The van der Waals surface area contributed by atoms with Gasteiger partial charge < -0.3 is 4.89 Å². The molecule has 1 heterocycles. The highest BCUT2D eigenvalue weighted by Crippen LogP contribution is 2.62. The first-order chi connectivity index (χ1) is 9.16. The molecule has 0 aliphatic carbocycles. The van der Waals surface area contributed by atoms with E-state index in [4.69, 9.17) is 9.05 Å². The van der Waals surface area contributed by atoms with Crippen molar-refractivity contribution in [2.24, 2.45) is 0 Å². The molecule has 3 rings (SSSR count). The second kappa shape index (κ2) is 4.91. The van der Waals surface area contributed by atoms with Gasteiger partial charge in [0.15, 0.2) is 0 Å². The van der Waals surface area contributed by atoms with Crippen LogP contribution >= 0.6 is 7.82 Å². The highest BCUT2D eigenvalue weighted by molar-refractivity contribution is 7.47. The molecule has 1 N–H and O–H groups in total. The van der Waals surface area contributed by atoms with Gasteiger partial charge in [0.1, 0.15) is 12.2 Å². The zero-order valence-corrected chi connectivity index (χ0v) is 10.9. The molecule has 2 aromatic carbocycles. The van der Waals surface area contributed by atoms with Crippen LogP contribution in [0.2, 0.25) is 0 Å². The minimum atomic E-state index is -3.99. The average Bonchev–Trinajstić information content (AvgIpc) is 2.77. The topological polar surface area (TPSA) is 55.8 Å². The summed E-state index contributed by atoms with van der Waals surface area (Å²) in [6.07, 6.45) is -1.14. The zero-order valence-electron chi connectivity index (χ0n) is 10.0. The number of hydrogen-bond donors (Lipinski definition) is 1. The Labute approximate surface area is 111 Å². The molecule has 0 bridgehead atoms. The minimum absolute atomic E-state index is 0.570. The summed E-state index contributed by atoms with van der Waals surface area (Å²) >= 11 is 0. The molecule has 4 nitrogen and oxygen atoms in total. The smallest absolute Gasteiger partial charge is 0.302 e. The summed E-state index contributed by atoms with van der Waals surface area (Å²) in [5.74, 6) is 0. The quantitative estimate of drug-likeness (QED) is 0.851. The molecule has 2 unspecified atom stereocenters. The summed E-state index contributed by atoms with van der Waals surface area (Å²) < 4.78 is 22.1. The number of phosphoric ester groups is 1. The second-order valence-electron chi connectivity index (χ2n) is 4.34. The summed E-state index contributed by atoms with van der Waals surface area (Å²) in [5.41, 5.74) is 1.64. The van der Waals surface area contributed by atoms with Gasteiger partial charge in [-0.1, -0.05) is 60.7 Å². The van der Waals surface area contributed by atoms with Gasteiger partial charge in [0, 0.05) is 0 Å². The maximum atomic E-state index is 11.7. The molecular formula is C14H13O4P. The summed E-state index contributed by atoms with van der Waals surface area (Å²) in [6, 6.07) is 18.6. The van der Waals surface area contributed by atoms with Crippen LogP contribution in [0.15, 0.2) is 60.7 Å². The average molecular weight is 276 g/mol. The van der Waals surface area contributed by atoms with Gasteiger partial charge in [0.25, 0.3) is 0 Å². The first kappa shape index (κ1) is 12.6. The lowest BCUT2D eigenvalue weighted by atomic mass is 9.99. The Kier molecular flexibility index (Phi) is 3.25. The van der Waals surface area contributed by atoms with Crippen LogP contribution in [0.1, 0.15) is 23.3 Å². The molecule has 98 valence electrons. The summed E-state index contributed by atoms with van der Waals surface area (Å²) in [4.78, 5) is 9.57. The Hall–Kier alpha value is -1.45. The van der Waals surface area contributed by atoms with Crippen molar-refractivity contribution in [3.63, 3.8) is 0 Å². The van der Waals surface area contributed by atoms with Gasteiger partial charge in [-0.2, -0.15) is 0 Å². The number of benzene rings is 2. The molecule has 1 aliphatic rings. The van der Waals surface area contributed by atoms with Crippen LogP contribution in [0.5, 0.6) is 0 Å². The molecule has 0 amide bonds. The fraction of sp³-hybridized carbons (Fsp3) is 0.143. The normalized spacial score (nSPS) is 30.4. The van der Waals surface area contributed by atoms with Gasteiger partial charge in [-0.15, -0.1) is 0 Å². The van der Waals surface area contributed by atoms with Crippen LogP contribution in [-0.2, 0) is 13.6 Å². The monoisotopic (exact) mass is 276 g/mol. The second-order valence-corrected chi connectivity index (χ2v) is 5.70. The molecule has 0 saturated carbocycles. The maximum absolute atomic E-state index is 11.7. The van der Waals surface area contributed by atoms with Crippen LogP contribution in [-0.4, -0.2) is 4.89 Å². The molecule has 0 aromatic heterocycles. The molecule has 1 saturated heterocycles. The van der Waals surface area contributed by atoms with E-state index in [9.17, 15) is 9.46 Å². The van der Waals surface area contributed by atoms with E-state index in [0.717, 1.165) is 11.1 Å². The highest BCUT2D eigenvalue weighted by atomic mass is 31.2. The molecule has 0 radical (unpaired) electrons. The summed E-state index contributed by atoms with van der Waals surface area (Å²) in [6.45, 7) is 0. The van der Waals surface area contributed by atoms with Crippen LogP contribution < -0.4 is 0 Å². The van der Waals surface area contributed by atoms with Crippen molar-refractivity contribution in [2.45, 2.75) is 12.2 Å². The fourth-order valence-corrected chi connectivity index (χ4v) is 3.27. The largest absolute Gasteiger partial charge is 0.473 e. The van der Waals surface area contributed by atoms with Gasteiger partial charge in [-0.05, 0) is 11.1 Å². The molecule has 1 aliphatic heterocycles. The summed E-state index contributed by atoms with van der Waals surface area (Å²) in [5, 5.41) is 0.